The number of nitrogens with zero attached hydrogens (tertiary/aromatic N) is 2. The Hall–Kier alpha value is -2.00. The van der Waals surface area contributed by atoms with E-state index in [2.05, 4.69) is 29.3 Å². The molecule has 0 spiro atoms. The van der Waals surface area contributed by atoms with E-state index in [1.54, 1.807) is 12.3 Å². The first-order chi connectivity index (χ1) is 10.7. The van der Waals surface area contributed by atoms with E-state index in [0.717, 1.165) is 12.0 Å². The predicted molar refractivity (Wildman–Crippen MR) is 91.7 cm³/mol. The zero-order valence-corrected chi connectivity index (χ0v) is 13.2. The van der Waals surface area contributed by atoms with Crippen LogP contribution in [0.4, 0.5) is 4.39 Å². The number of unbranched alkanes of at least 4 members (excludes halogenated alkanes) is 1. The lowest BCUT2D eigenvalue weighted by molar-refractivity contribution is 0.628. The summed E-state index contributed by atoms with van der Waals surface area (Å²) in [5, 5.41) is 7.98. The van der Waals surface area contributed by atoms with Crippen molar-refractivity contribution in [3.63, 3.8) is 0 Å². The molecule has 114 valence electrons. The lowest BCUT2D eigenvalue weighted by Gasteiger charge is -1.99. The standard InChI is InChI=1S/C18H18ClFN2/c1-2-3-4-14-5-7-15(8-6-14)12-21-22-13-16-9-10-17(19)18(20)11-16/h5-13H,2-4H2,1H3/b21-12+,22-13+. The van der Waals surface area contributed by atoms with Crippen molar-refractivity contribution in [2.24, 2.45) is 10.2 Å². The third kappa shape index (κ3) is 5.08. The Labute approximate surface area is 135 Å². The Morgan fingerprint density at radius 3 is 2.27 bits per heavy atom. The van der Waals surface area contributed by atoms with Crippen molar-refractivity contribution in [2.45, 2.75) is 26.2 Å². The maximum absolute atomic E-state index is 13.2. The van der Waals surface area contributed by atoms with E-state index in [1.165, 1.54) is 36.8 Å². The summed E-state index contributed by atoms with van der Waals surface area (Å²) < 4.78 is 13.2. The number of hydrogen-bond acceptors (Lipinski definition) is 2. The maximum atomic E-state index is 13.2. The van der Waals surface area contributed by atoms with Crippen molar-refractivity contribution in [3.8, 4) is 0 Å². The molecule has 0 radical (unpaired) electrons. The summed E-state index contributed by atoms with van der Waals surface area (Å²) in [4.78, 5) is 0. The average Bonchev–Trinajstić information content (AvgIpc) is 2.54. The largest absolute Gasteiger partial charge is 0.205 e. The molecule has 2 nitrogen and oxygen atoms in total. The van der Waals surface area contributed by atoms with Crippen molar-refractivity contribution in [2.75, 3.05) is 0 Å². The molecule has 0 heterocycles. The molecule has 0 bridgehead atoms. The average molecular weight is 317 g/mol. The van der Waals surface area contributed by atoms with Crippen LogP contribution in [-0.4, -0.2) is 12.4 Å². The minimum absolute atomic E-state index is 0.101. The molecule has 0 aliphatic rings. The molecule has 0 unspecified atom stereocenters. The molecule has 2 aromatic rings. The van der Waals surface area contributed by atoms with Gasteiger partial charge in [0.2, 0.25) is 0 Å². The van der Waals surface area contributed by atoms with Crippen LogP contribution in [0.3, 0.4) is 0 Å². The number of aryl methyl sites for hydroxylation is 1. The minimum Gasteiger partial charge on any atom is -0.205 e. The summed E-state index contributed by atoms with van der Waals surface area (Å²) in [6, 6.07) is 12.8. The molecule has 0 saturated heterocycles. The lowest BCUT2D eigenvalue weighted by Crippen LogP contribution is -1.87. The van der Waals surface area contributed by atoms with E-state index in [-0.39, 0.29) is 5.02 Å². The van der Waals surface area contributed by atoms with Crippen LogP contribution in [0, 0.1) is 5.82 Å². The molecule has 0 amide bonds. The van der Waals surface area contributed by atoms with Crippen LogP contribution in [0.2, 0.25) is 5.02 Å². The van der Waals surface area contributed by atoms with Gasteiger partial charge >= 0.3 is 0 Å². The van der Waals surface area contributed by atoms with Crippen LogP contribution in [0.1, 0.15) is 36.5 Å². The Bertz CT molecular complexity index is 663. The Morgan fingerprint density at radius 1 is 1.00 bits per heavy atom. The van der Waals surface area contributed by atoms with Crippen LogP contribution in [0.15, 0.2) is 52.7 Å². The molecule has 2 rings (SSSR count). The highest BCUT2D eigenvalue weighted by Gasteiger charge is 1.98. The summed E-state index contributed by atoms with van der Waals surface area (Å²) in [5.41, 5.74) is 2.94. The Morgan fingerprint density at radius 2 is 1.64 bits per heavy atom. The number of halogens is 2. The van der Waals surface area contributed by atoms with Gasteiger partial charge in [-0.15, -0.1) is 0 Å². The third-order valence-corrected chi connectivity index (χ3v) is 3.53. The number of hydrogen-bond donors (Lipinski definition) is 0. The van der Waals surface area contributed by atoms with E-state index in [0.29, 0.717) is 5.56 Å². The smallest absolute Gasteiger partial charge is 0.142 e. The molecule has 0 aromatic heterocycles. The Kier molecular flexibility index (Phi) is 6.28. The van der Waals surface area contributed by atoms with Crippen molar-refractivity contribution in [3.05, 3.63) is 70.0 Å². The van der Waals surface area contributed by atoms with E-state index < -0.39 is 5.82 Å². The fourth-order valence-electron chi connectivity index (χ4n) is 1.94. The third-order valence-electron chi connectivity index (χ3n) is 3.22. The predicted octanol–water partition coefficient (Wildman–Crippen LogP) is 5.27. The maximum Gasteiger partial charge on any atom is 0.142 e. The molecule has 22 heavy (non-hydrogen) atoms. The van der Waals surface area contributed by atoms with Crippen molar-refractivity contribution >= 4 is 24.0 Å². The topological polar surface area (TPSA) is 24.7 Å². The lowest BCUT2D eigenvalue weighted by atomic mass is 10.1. The summed E-state index contributed by atoms with van der Waals surface area (Å²) in [6.45, 7) is 2.19. The fourth-order valence-corrected chi connectivity index (χ4v) is 2.06. The molecule has 0 fully saturated rings. The molecule has 0 aliphatic heterocycles. The zero-order valence-electron chi connectivity index (χ0n) is 12.5. The van der Waals surface area contributed by atoms with Gasteiger partial charge in [-0.05, 0) is 41.7 Å². The monoisotopic (exact) mass is 316 g/mol. The van der Waals surface area contributed by atoms with Gasteiger partial charge in [-0.1, -0.05) is 55.3 Å². The Balaban J connectivity index is 1.93. The van der Waals surface area contributed by atoms with Crippen LogP contribution < -0.4 is 0 Å². The minimum atomic E-state index is -0.461. The highest BCUT2D eigenvalue weighted by molar-refractivity contribution is 6.30. The van der Waals surface area contributed by atoms with E-state index >= 15 is 0 Å². The SMILES string of the molecule is CCCCc1ccc(/C=N/N=C/c2ccc(Cl)c(F)c2)cc1. The quantitative estimate of drug-likeness (QED) is 0.512. The first kappa shape index (κ1) is 16.4. The van der Waals surface area contributed by atoms with Crippen molar-refractivity contribution in [1.29, 1.82) is 0 Å². The normalized spacial score (nSPS) is 11.6. The molecular formula is C18H18ClFN2. The second-order valence-corrected chi connectivity index (χ2v) is 5.42. The van der Waals surface area contributed by atoms with Crippen molar-refractivity contribution < 1.29 is 4.39 Å². The molecule has 4 heteroatoms. The molecule has 0 saturated carbocycles. The van der Waals surface area contributed by atoms with Gasteiger partial charge in [0, 0.05) is 0 Å². The summed E-state index contributed by atoms with van der Waals surface area (Å²) in [7, 11) is 0. The molecule has 0 aliphatic carbocycles. The first-order valence-corrected chi connectivity index (χ1v) is 7.67. The summed E-state index contributed by atoms with van der Waals surface area (Å²) in [6.07, 6.45) is 6.67. The van der Waals surface area contributed by atoms with Gasteiger partial charge in [-0.3, -0.25) is 0 Å². The van der Waals surface area contributed by atoms with Gasteiger partial charge in [0.1, 0.15) is 5.82 Å². The second-order valence-electron chi connectivity index (χ2n) is 5.01. The zero-order chi connectivity index (χ0) is 15.8. The van der Waals surface area contributed by atoms with Crippen LogP contribution >= 0.6 is 11.6 Å². The highest BCUT2D eigenvalue weighted by Crippen LogP contribution is 2.14. The van der Waals surface area contributed by atoms with E-state index in [9.17, 15) is 4.39 Å². The second kappa shape index (κ2) is 8.44. The van der Waals surface area contributed by atoms with Gasteiger partial charge in [0.05, 0.1) is 17.5 Å². The first-order valence-electron chi connectivity index (χ1n) is 7.29. The molecule has 2 aromatic carbocycles. The van der Waals surface area contributed by atoms with Crippen LogP contribution in [-0.2, 0) is 6.42 Å². The van der Waals surface area contributed by atoms with E-state index in [4.69, 9.17) is 11.6 Å². The fraction of sp³-hybridized carbons (Fsp3) is 0.222. The molecule has 0 N–H and O–H groups in total. The van der Waals surface area contributed by atoms with Gasteiger partial charge < -0.3 is 0 Å². The van der Waals surface area contributed by atoms with Gasteiger partial charge in [-0.2, -0.15) is 10.2 Å². The number of benzene rings is 2. The summed E-state index contributed by atoms with van der Waals surface area (Å²) >= 11 is 5.62. The van der Waals surface area contributed by atoms with Gasteiger partial charge in [-0.25, -0.2) is 4.39 Å². The van der Waals surface area contributed by atoms with Gasteiger partial charge in [0.25, 0.3) is 0 Å². The highest BCUT2D eigenvalue weighted by atomic mass is 35.5. The number of rotatable bonds is 6. The summed E-state index contributed by atoms with van der Waals surface area (Å²) in [5.74, 6) is -0.461. The molecular weight excluding hydrogens is 299 g/mol. The van der Waals surface area contributed by atoms with Gasteiger partial charge in [0.15, 0.2) is 0 Å². The van der Waals surface area contributed by atoms with E-state index in [1.807, 2.05) is 12.1 Å². The molecule has 0 atom stereocenters. The van der Waals surface area contributed by atoms with Crippen LogP contribution in [0.5, 0.6) is 0 Å². The van der Waals surface area contributed by atoms with Crippen molar-refractivity contribution in [1.82, 2.24) is 0 Å². The van der Waals surface area contributed by atoms with Crippen LogP contribution in [0.25, 0.3) is 0 Å².